The van der Waals surface area contributed by atoms with E-state index in [9.17, 15) is 45.3 Å². The Hall–Kier alpha value is -5.28. The lowest BCUT2D eigenvalue weighted by molar-refractivity contribution is 0.175. The zero-order valence-electron chi connectivity index (χ0n) is 23.0. The molecule has 0 fully saturated rings. The number of fused-ring (bicyclic) bond motifs is 2. The highest BCUT2D eigenvalue weighted by Gasteiger charge is 2.34. The van der Waals surface area contributed by atoms with Crippen molar-refractivity contribution in [2.45, 2.75) is 39.2 Å². The van der Waals surface area contributed by atoms with Crippen LogP contribution in [0.2, 0.25) is 0 Å². The van der Waals surface area contributed by atoms with Crippen LogP contribution >= 0.6 is 0 Å². The molecule has 0 amide bonds. The Labute approximate surface area is 240 Å². The Morgan fingerprint density at radius 3 is 1.60 bits per heavy atom. The summed E-state index contributed by atoms with van der Waals surface area (Å²) in [6, 6.07) is 4.65. The van der Waals surface area contributed by atoms with Crippen molar-refractivity contribution in [3.63, 3.8) is 0 Å². The summed E-state index contributed by atoms with van der Waals surface area (Å²) in [4.78, 5) is 27.4. The van der Waals surface area contributed by atoms with Crippen molar-refractivity contribution in [1.29, 1.82) is 0 Å². The van der Waals surface area contributed by atoms with Gasteiger partial charge < -0.3 is 35.7 Å². The van der Waals surface area contributed by atoms with Gasteiger partial charge in [-0.05, 0) is 46.9 Å². The van der Waals surface area contributed by atoms with Gasteiger partial charge in [0.1, 0.15) is 34.5 Å². The Bertz CT molecular complexity index is 2620. The summed E-state index contributed by atoms with van der Waals surface area (Å²) in [6.45, 7) is 3.70. The van der Waals surface area contributed by atoms with Crippen LogP contribution in [-0.4, -0.2) is 35.7 Å². The van der Waals surface area contributed by atoms with Gasteiger partial charge in [-0.2, -0.15) is 0 Å². The summed E-state index contributed by atoms with van der Waals surface area (Å²) >= 11 is 0. The molecule has 0 saturated carbocycles. The average molecular weight is 577 g/mol. The first-order chi connectivity index (χ1) is 20.5. The average Bonchev–Trinajstić information content (AvgIpc) is 2.95. The van der Waals surface area contributed by atoms with Crippen molar-refractivity contribution in [2.24, 2.45) is 0 Å². The highest BCUT2D eigenvalue weighted by Crippen LogP contribution is 2.60. The third kappa shape index (κ3) is 2.71. The SMILES string of the molecule is CCCc1cc(O)c2c(O)c3c(O)cc(=O)c4c5c(O)cc(O)c6c(O)c7c(=O)cc(C(O)CC)c8c1c2c(c34)c(c65)c78. The Morgan fingerprint density at radius 2 is 0.977 bits per heavy atom. The largest absolute Gasteiger partial charge is 0.507 e. The van der Waals surface area contributed by atoms with E-state index in [0.717, 1.165) is 12.1 Å². The van der Waals surface area contributed by atoms with Gasteiger partial charge in [0, 0.05) is 55.2 Å². The van der Waals surface area contributed by atoms with Crippen molar-refractivity contribution in [2.75, 3.05) is 0 Å². The summed E-state index contributed by atoms with van der Waals surface area (Å²) in [5, 5.41) is 81.0. The van der Waals surface area contributed by atoms with Gasteiger partial charge in [-0.1, -0.05) is 20.3 Å². The molecule has 214 valence electrons. The molecule has 7 N–H and O–H groups in total. The van der Waals surface area contributed by atoms with Crippen LogP contribution in [0, 0.1) is 0 Å². The fourth-order valence-corrected chi connectivity index (χ4v) is 7.66. The molecule has 9 heteroatoms. The molecular weight excluding hydrogens is 552 g/mol. The molecule has 9 nitrogen and oxygen atoms in total. The minimum Gasteiger partial charge on any atom is -0.507 e. The predicted octanol–water partition coefficient (Wildman–Crippen LogP) is 5.86. The quantitative estimate of drug-likeness (QED) is 0.0999. The van der Waals surface area contributed by atoms with Gasteiger partial charge in [0.2, 0.25) is 0 Å². The van der Waals surface area contributed by atoms with Crippen LogP contribution in [0.25, 0.3) is 75.4 Å². The molecule has 0 heterocycles. The lowest BCUT2D eigenvalue weighted by atomic mass is 9.77. The fourth-order valence-electron chi connectivity index (χ4n) is 7.66. The molecule has 0 radical (unpaired) electrons. The summed E-state index contributed by atoms with van der Waals surface area (Å²) in [6.07, 6.45) is 0.261. The zero-order chi connectivity index (χ0) is 30.4. The first-order valence-corrected chi connectivity index (χ1v) is 14.0. The molecule has 0 bridgehead atoms. The molecule has 1 unspecified atom stereocenters. The number of aryl methyl sites for hydroxylation is 1. The number of hydrogen-bond acceptors (Lipinski definition) is 9. The molecule has 8 rings (SSSR count). The highest BCUT2D eigenvalue weighted by molar-refractivity contribution is 6.51. The van der Waals surface area contributed by atoms with E-state index in [1.54, 1.807) is 6.92 Å². The Morgan fingerprint density at radius 1 is 0.512 bits per heavy atom. The second kappa shape index (κ2) is 7.96. The molecule has 0 aromatic heterocycles. The molecule has 0 aliphatic carbocycles. The molecule has 0 aliphatic heterocycles. The maximum Gasteiger partial charge on any atom is 0.190 e. The van der Waals surface area contributed by atoms with Crippen LogP contribution in [0.5, 0.6) is 34.5 Å². The maximum absolute atomic E-state index is 13.8. The predicted molar refractivity (Wildman–Crippen MR) is 166 cm³/mol. The summed E-state index contributed by atoms with van der Waals surface area (Å²) in [7, 11) is 0. The Balaban J connectivity index is 1.97. The van der Waals surface area contributed by atoms with Crippen LogP contribution in [-0.2, 0) is 6.42 Å². The fraction of sp³-hybridized carbons (Fsp3) is 0.176. The molecule has 8 aromatic rings. The Kier molecular flexibility index (Phi) is 4.71. The highest BCUT2D eigenvalue weighted by atomic mass is 16.3. The molecule has 0 saturated heterocycles. The van der Waals surface area contributed by atoms with Crippen molar-refractivity contribution >= 4 is 75.4 Å². The summed E-state index contributed by atoms with van der Waals surface area (Å²) < 4.78 is 0. The lowest BCUT2D eigenvalue weighted by Crippen LogP contribution is -2.10. The topological polar surface area (TPSA) is 176 Å². The molecule has 43 heavy (non-hydrogen) atoms. The van der Waals surface area contributed by atoms with Crippen LogP contribution in [0.1, 0.15) is 43.9 Å². The van der Waals surface area contributed by atoms with Gasteiger partial charge in [0.05, 0.1) is 27.6 Å². The number of hydrogen-bond donors (Lipinski definition) is 7. The minimum atomic E-state index is -1.10. The number of aliphatic hydroxyl groups excluding tert-OH is 1. The number of phenols is 6. The number of phenolic OH excluding ortho intramolecular Hbond substituents is 6. The van der Waals surface area contributed by atoms with Crippen LogP contribution in [0.4, 0.5) is 0 Å². The first kappa shape index (κ1) is 25.4. The van der Waals surface area contributed by atoms with Crippen LogP contribution in [0.3, 0.4) is 0 Å². The first-order valence-electron chi connectivity index (χ1n) is 14.0. The smallest absolute Gasteiger partial charge is 0.190 e. The normalized spacial score (nSPS) is 13.5. The van der Waals surface area contributed by atoms with E-state index in [2.05, 4.69) is 0 Å². The molecule has 1 atom stereocenters. The molecule has 8 aromatic carbocycles. The number of aliphatic hydroxyl groups is 1. The van der Waals surface area contributed by atoms with E-state index in [1.807, 2.05) is 6.92 Å². The third-order valence-corrected chi connectivity index (χ3v) is 9.23. The van der Waals surface area contributed by atoms with E-state index in [0.29, 0.717) is 39.9 Å². The monoisotopic (exact) mass is 576 g/mol. The van der Waals surface area contributed by atoms with Crippen molar-refractivity contribution in [3.05, 3.63) is 55.8 Å². The summed E-state index contributed by atoms with van der Waals surface area (Å²) in [5.41, 5.74) is -0.372. The molecule has 0 aliphatic rings. The van der Waals surface area contributed by atoms with Gasteiger partial charge in [-0.25, -0.2) is 0 Å². The maximum atomic E-state index is 13.8. The van der Waals surface area contributed by atoms with Gasteiger partial charge in [-0.3, -0.25) is 9.59 Å². The number of benzene rings is 8. The number of aromatic hydroxyl groups is 6. The second-order valence-corrected chi connectivity index (χ2v) is 11.4. The van der Waals surface area contributed by atoms with Crippen molar-refractivity contribution < 1.29 is 35.7 Å². The molecular formula is C34H24O9. The zero-order valence-corrected chi connectivity index (χ0v) is 23.0. The van der Waals surface area contributed by atoms with E-state index >= 15 is 0 Å². The third-order valence-electron chi connectivity index (χ3n) is 9.23. The van der Waals surface area contributed by atoms with Crippen molar-refractivity contribution in [1.82, 2.24) is 0 Å². The van der Waals surface area contributed by atoms with Gasteiger partial charge in [0.15, 0.2) is 10.9 Å². The van der Waals surface area contributed by atoms with Gasteiger partial charge >= 0.3 is 0 Å². The molecule has 0 spiro atoms. The van der Waals surface area contributed by atoms with Gasteiger partial charge in [-0.15, -0.1) is 0 Å². The number of rotatable bonds is 4. The minimum absolute atomic E-state index is 0.00626. The summed E-state index contributed by atoms with van der Waals surface area (Å²) in [5.74, 6) is -2.87. The van der Waals surface area contributed by atoms with E-state index in [-0.39, 0.29) is 71.6 Å². The van der Waals surface area contributed by atoms with E-state index < -0.39 is 45.7 Å². The van der Waals surface area contributed by atoms with Crippen LogP contribution in [0.15, 0.2) is 33.9 Å². The second-order valence-electron chi connectivity index (χ2n) is 11.4. The van der Waals surface area contributed by atoms with Crippen LogP contribution < -0.4 is 10.9 Å². The van der Waals surface area contributed by atoms with E-state index in [4.69, 9.17) is 0 Å². The van der Waals surface area contributed by atoms with Crippen molar-refractivity contribution in [3.8, 4) is 34.5 Å². The van der Waals surface area contributed by atoms with E-state index in [1.165, 1.54) is 12.1 Å². The lowest BCUT2D eigenvalue weighted by Gasteiger charge is -2.27. The van der Waals surface area contributed by atoms with Gasteiger partial charge in [0.25, 0.3) is 0 Å². The standard InChI is InChI=1S/C34H24O9/c1-3-5-10-6-13(36)23-27-19(10)20-11(12(35)4-2)7-14(37)24-28(20)32-30-22(16(39)9-18(41)26(30)34(24)43)21-15(38)8-17(40)25(33(23)42)29(21)31(27)32/h6-9,12,35-36,39-43H,3-5H2,1-2H3.